The van der Waals surface area contributed by atoms with E-state index in [2.05, 4.69) is 43.2 Å². The Morgan fingerprint density at radius 3 is 2.53 bits per heavy atom. The monoisotopic (exact) mass is 451 g/mol. The van der Waals surface area contributed by atoms with Gasteiger partial charge >= 0.3 is 0 Å². The van der Waals surface area contributed by atoms with Gasteiger partial charge in [-0.05, 0) is 71.5 Å². The predicted octanol–water partition coefficient (Wildman–Crippen LogP) is 4.16. The van der Waals surface area contributed by atoms with Gasteiger partial charge in [0, 0.05) is 8.04 Å². The van der Waals surface area contributed by atoms with E-state index in [1.165, 1.54) is 0 Å². The van der Waals surface area contributed by atoms with Crippen molar-refractivity contribution in [3.05, 3.63) is 56.1 Å². The number of halogens is 2. The molecule has 0 saturated heterocycles. The average Bonchev–Trinajstić information content (AvgIpc) is 2.33. The molecule has 19 heavy (non-hydrogen) atoms. The van der Waals surface area contributed by atoms with Crippen molar-refractivity contribution < 1.29 is 8.42 Å². The highest BCUT2D eigenvalue weighted by molar-refractivity contribution is 14.1. The standard InChI is InChI=1S/C13H11BrINO2S/c1-9-7-11(15)5-6-13(9)16-19(17,18)12-4-2-3-10(14)8-12/h2-8,16H,1H3. The van der Waals surface area contributed by atoms with E-state index in [0.717, 1.165) is 13.6 Å². The van der Waals surface area contributed by atoms with Crippen LogP contribution in [0.15, 0.2) is 51.8 Å². The molecule has 0 atom stereocenters. The first-order valence-electron chi connectivity index (χ1n) is 5.43. The fraction of sp³-hybridized carbons (Fsp3) is 0.0769. The molecule has 2 aromatic carbocycles. The number of rotatable bonds is 3. The van der Waals surface area contributed by atoms with E-state index in [1.807, 2.05) is 19.1 Å². The highest BCUT2D eigenvalue weighted by Gasteiger charge is 2.15. The molecule has 0 spiro atoms. The summed E-state index contributed by atoms with van der Waals surface area (Å²) in [6, 6.07) is 12.2. The molecule has 0 fully saturated rings. The van der Waals surface area contributed by atoms with E-state index in [-0.39, 0.29) is 4.90 Å². The van der Waals surface area contributed by atoms with Gasteiger partial charge in [-0.3, -0.25) is 4.72 Å². The maximum absolute atomic E-state index is 12.3. The molecule has 6 heteroatoms. The summed E-state index contributed by atoms with van der Waals surface area (Å²) < 4.78 is 28.9. The van der Waals surface area contributed by atoms with Crippen LogP contribution < -0.4 is 4.72 Å². The summed E-state index contributed by atoms with van der Waals surface area (Å²) >= 11 is 5.46. The lowest BCUT2D eigenvalue weighted by Crippen LogP contribution is -2.13. The SMILES string of the molecule is Cc1cc(I)ccc1NS(=O)(=O)c1cccc(Br)c1. The van der Waals surface area contributed by atoms with Gasteiger partial charge in [-0.1, -0.05) is 22.0 Å². The molecule has 3 nitrogen and oxygen atoms in total. The zero-order chi connectivity index (χ0) is 14.0. The minimum Gasteiger partial charge on any atom is -0.279 e. The number of aryl methyl sites for hydroxylation is 1. The minimum absolute atomic E-state index is 0.236. The summed E-state index contributed by atoms with van der Waals surface area (Å²) in [7, 11) is -3.55. The largest absolute Gasteiger partial charge is 0.279 e. The van der Waals surface area contributed by atoms with Gasteiger partial charge in [-0.15, -0.1) is 0 Å². The van der Waals surface area contributed by atoms with E-state index in [4.69, 9.17) is 0 Å². The van der Waals surface area contributed by atoms with Gasteiger partial charge in [0.15, 0.2) is 0 Å². The lowest BCUT2D eigenvalue weighted by molar-refractivity contribution is 0.601. The first-order chi connectivity index (χ1) is 8.88. The molecular formula is C13H11BrINO2S. The molecular weight excluding hydrogens is 441 g/mol. The second kappa shape index (κ2) is 5.80. The summed E-state index contributed by atoms with van der Waals surface area (Å²) in [5.74, 6) is 0. The third-order valence-corrected chi connectivity index (χ3v) is 5.07. The molecule has 0 aliphatic carbocycles. The summed E-state index contributed by atoms with van der Waals surface area (Å²) in [5.41, 5.74) is 1.49. The smallest absolute Gasteiger partial charge is 0.261 e. The third kappa shape index (κ3) is 3.70. The van der Waals surface area contributed by atoms with Crippen molar-refractivity contribution in [3.8, 4) is 0 Å². The Kier molecular flexibility index (Phi) is 4.52. The van der Waals surface area contributed by atoms with E-state index in [9.17, 15) is 8.42 Å². The molecule has 0 amide bonds. The lowest BCUT2D eigenvalue weighted by Gasteiger charge is -2.11. The van der Waals surface area contributed by atoms with Crippen LogP contribution in [-0.2, 0) is 10.0 Å². The third-order valence-electron chi connectivity index (χ3n) is 2.54. The molecule has 0 saturated carbocycles. The van der Waals surface area contributed by atoms with Crippen LogP contribution in [0.4, 0.5) is 5.69 Å². The first kappa shape index (κ1) is 14.8. The predicted molar refractivity (Wildman–Crippen MR) is 88.8 cm³/mol. The van der Waals surface area contributed by atoms with Crippen molar-refractivity contribution in [1.82, 2.24) is 0 Å². The van der Waals surface area contributed by atoms with Crippen molar-refractivity contribution in [2.45, 2.75) is 11.8 Å². The van der Waals surface area contributed by atoms with Crippen molar-refractivity contribution in [3.63, 3.8) is 0 Å². The second-order valence-corrected chi connectivity index (χ2v) is 7.87. The number of sulfonamides is 1. The van der Waals surface area contributed by atoms with Gasteiger partial charge in [0.1, 0.15) is 0 Å². The summed E-state index contributed by atoms with van der Waals surface area (Å²) in [6.07, 6.45) is 0. The maximum Gasteiger partial charge on any atom is 0.261 e. The van der Waals surface area contributed by atoms with Crippen LogP contribution in [-0.4, -0.2) is 8.42 Å². The molecule has 2 rings (SSSR count). The summed E-state index contributed by atoms with van der Waals surface area (Å²) in [6.45, 7) is 1.88. The van der Waals surface area contributed by atoms with Gasteiger partial charge in [-0.25, -0.2) is 8.42 Å². The molecule has 0 aromatic heterocycles. The molecule has 100 valence electrons. The Labute approximate surface area is 134 Å². The number of hydrogen-bond acceptors (Lipinski definition) is 2. The highest BCUT2D eigenvalue weighted by Crippen LogP contribution is 2.23. The fourth-order valence-electron chi connectivity index (χ4n) is 1.58. The van der Waals surface area contributed by atoms with Crippen LogP contribution in [0.25, 0.3) is 0 Å². The zero-order valence-corrected chi connectivity index (χ0v) is 14.6. The van der Waals surface area contributed by atoms with Crippen molar-refractivity contribution in [2.24, 2.45) is 0 Å². The number of benzene rings is 2. The van der Waals surface area contributed by atoms with E-state index in [1.54, 1.807) is 30.3 Å². The Balaban J connectivity index is 2.36. The molecule has 2 aromatic rings. The zero-order valence-electron chi connectivity index (χ0n) is 10.0. The number of hydrogen-bond donors (Lipinski definition) is 1. The Morgan fingerprint density at radius 2 is 1.89 bits per heavy atom. The molecule has 0 aliphatic rings. The summed E-state index contributed by atoms with van der Waals surface area (Å²) in [4.78, 5) is 0.236. The van der Waals surface area contributed by atoms with E-state index >= 15 is 0 Å². The van der Waals surface area contributed by atoms with Crippen molar-refractivity contribution in [1.29, 1.82) is 0 Å². The van der Waals surface area contributed by atoms with Crippen LogP contribution in [0, 0.1) is 10.5 Å². The van der Waals surface area contributed by atoms with Crippen molar-refractivity contribution >= 4 is 54.2 Å². The Morgan fingerprint density at radius 1 is 1.16 bits per heavy atom. The maximum atomic E-state index is 12.3. The van der Waals surface area contributed by atoms with Gasteiger partial charge in [0.2, 0.25) is 0 Å². The second-order valence-electron chi connectivity index (χ2n) is 4.02. The average molecular weight is 452 g/mol. The van der Waals surface area contributed by atoms with E-state index < -0.39 is 10.0 Å². The Hall–Kier alpha value is -0.600. The molecule has 0 radical (unpaired) electrons. The number of anilines is 1. The van der Waals surface area contributed by atoms with E-state index in [0.29, 0.717) is 5.69 Å². The molecule has 0 heterocycles. The van der Waals surface area contributed by atoms with Crippen LogP contribution in [0.2, 0.25) is 0 Å². The lowest BCUT2D eigenvalue weighted by atomic mass is 10.2. The van der Waals surface area contributed by atoms with Gasteiger partial charge in [-0.2, -0.15) is 0 Å². The number of nitrogens with one attached hydrogen (secondary N) is 1. The highest BCUT2D eigenvalue weighted by atomic mass is 127. The summed E-state index contributed by atoms with van der Waals surface area (Å²) in [5, 5.41) is 0. The van der Waals surface area contributed by atoms with Gasteiger partial charge < -0.3 is 0 Å². The van der Waals surface area contributed by atoms with Crippen LogP contribution in [0.3, 0.4) is 0 Å². The molecule has 0 aliphatic heterocycles. The van der Waals surface area contributed by atoms with Crippen LogP contribution in [0.1, 0.15) is 5.56 Å². The van der Waals surface area contributed by atoms with Crippen LogP contribution >= 0.6 is 38.5 Å². The Bertz CT molecular complexity index is 716. The van der Waals surface area contributed by atoms with Crippen molar-refractivity contribution in [2.75, 3.05) is 4.72 Å². The molecule has 0 bridgehead atoms. The van der Waals surface area contributed by atoms with Gasteiger partial charge in [0.25, 0.3) is 10.0 Å². The fourth-order valence-corrected chi connectivity index (χ4v) is 3.95. The van der Waals surface area contributed by atoms with Gasteiger partial charge in [0.05, 0.1) is 10.6 Å². The minimum atomic E-state index is -3.55. The van der Waals surface area contributed by atoms with Crippen LogP contribution in [0.5, 0.6) is 0 Å². The normalized spacial score (nSPS) is 11.3. The topological polar surface area (TPSA) is 46.2 Å². The molecule has 0 unspecified atom stereocenters. The first-order valence-corrected chi connectivity index (χ1v) is 8.78. The molecule has 1 N–H and O–H groups in total. The quantitative estimate of drug-likeness (QED) is 0.712.